The second-order valence-electron chi connectivity index (χ2n) is 3.63. The monoisotopic (exact) mass is 232 g/mol. The van der Waals surface area contributed by atoms with Crippen molar-refractivity contribution in [2.45, 2.75) is 19.4 Å². The summed E-state index contributed by atoms with van der Waals surface area (Å²) in [6.45, 7) is 2.77. The van der Waals surface area contributed by atoms with Gasteiger partial charge in [0.15, 0.2) is 0 Å². The highest BCUT2D eigenvalue weighted by molar-refractivity contribution is 5.79. The number of amides is 1. The van der Waals surface area contributed by atoms with Gasteiger partial charge in [-0.2, -0.15) is 0 Å². The first kappa shape index (κ1) is 14.9. The average molecular weight is 232 g/mol. The molecule has 94 valence electrons. The van der Waals surface area contributed by atoms with Crippen molar-refractivity contribution in [2.24, 2.45) is 0 Å². The fraction of sp³-hybridized carbons (Fsp3) is 0.800. The van der Waals surface area contributed by atoms with Gasteiger partial charge in [0, 0.05) is 20.3 Å². The summed E-state index contributed by atoms with van der Waals surface area (Å²) in [6.07, 6.45) is 0.750. The molecule has 0 aliphatic heterocycles. The van der Waals surface area contributed by atoms with Crippen molar-refractivity contribution in [2.75, 3.05) is 33.9 Å². The Hall–Kier alpha value is -1.14. The van der Waals surface area contributed by atoms with E-state index in [2.05, 4.69) is 5.32 Å². The molecule has 0 rings (SSSR count). The minimum Gasteiger partial charge on any atom is -0.480 e. The van der Waals surface area contributed by atoms with E-state index in [0.29, 0.717) is 13.2 Å². The summed E-state index contributed by atoms with van der Waals surface area (Å²) >= 11 is 0. The smallest absolute Gasteiger partial charge is 0.320 e. The van der Waals surface area contributed by atoms with Gasteiger partial charge in [-0.25, -0.2) is 0 Å². The van der Waals surface area contributed by atoms with Gasteiger partial charge in [0.2, 0.25) is 5.91 Å². The lowest BCUT2D eigenvalue weighted by Crippen LogP contribution is -2.43. The Bertz CT molecular complexity index is 233. The third-order valence-electron chi connectivity index (χ3n) is 2.26. The number of ether oxygens (including phenoxy) is 1. The molecule has 0 aliphatic rings. The van der Waals surface area contributed by atoms with Gasteiger partial charge in [-0.1, -0.05) is 0 Å². The molecule has 1 atom stereocenters. The van der Waals surface area contributed by atoms with Crippen LogP contribution in [0.3, 0.4) is 0 Å². The van der Waals surface area contributed by atoms with Crippen LogP contribution in [0.5, 0.6) is 0 Å². The Morgan fingerprint density at radius 3 is 2.62 bits per heavy atom. The number of methoxy groups -OCH3 is 1. The van der Waals surface area contributed by atoms with E-state index in [0.717, 1.165) is 6.42 Å². The molecule has 6 nitrogen and oxygen atoms in total. The molecule has 0 aromatic carbocycles. The molecule has 2 N–H and O–H groups in total. The number of hydrogen-bond acceptors (Lipinski definition) is 4. The van der Waals surface area contributed by atoms with E-state index < -0.39 is 12.0 Å². The van der Waals surface area contributed by atoms with E-state index in [1.54, 1.807) is 21.1 Å². The number of rotatable bonds is 8. The summed E-state index contributed by atoms with van der Waals surface area (Å²) in [4.78, 5) is 23.5. The zero-order valence-corrected chi connectivity index (χ0v) is 10.0. The molecule has 0 saturated carbocycles. The van der Waals surface area contributed by atoms with Gasteiger partial charge in [0.1, 0.15) is 6.04 Å². The highest BCUT2D eigenvalue weighted by atomic mass is 16.5. The van der Waals surface area contributed by atoms with Crippen LogP contribution in [0.25, 0.3) is 0 Å². The number of nitrogens with zero attached hydrogens (tertiary/aromatic N) is 1. The van der Waals surface area contributed by atoms with Gasteiger partial charge < -0.3 is 15.2 Å². The molecule has 0 aromatic heterocycles. The molecule has 0 bridgehead atoms. The maximum atomic E-state index is 11.4. The second-order valence-corrected chi connectivity index (χ2v) is 3.63. The van der Waals surface area contributed by atoms with Crippen molar-refractivity contribution in [3.8, 4) is 0 Å². The number of aliphatic carboxylic acids is 1. The van der Waals surface area contributed by atoms with Gasteiger partial charge in [0.25, 0.3) is 0 Å². The van der Waals surface area contributed by atoms with Crippen LogP contribution in [-0.2, 0) is 14.3 Å². The van der Waals surface area contributed by atoms with Crippen LogP contribution >= 0.6 is 0 Å². The number of carboxylic acids is 1. The molecule has 0 heterocycles. The van der Waals surface area contributed by atoms with E-state index >= 15 is 0 Å². The van der Waals surface area contributed by atoms with E-state index in [9.17, 15) is 9.59 Å². The SMILES string of the molecule is COCCCNC(=O)CN(C)C(C)C(=O)O. The summed E-state index contributed by atoms with van der Waals surface area (Å²) in [6, 6.07) is -0.662. The number of nitrogens with one attached hydrogen (secondary N) is 1. The maximum Gasteiger partial charge on any atom is 0.320 e. The summed E-state index contributed by atoms with van der Waals surface area (Å²) in [5, 5.41) is 11.4. The first-order valence-corrected chi connectivity index (χ1v) is 5.17. The molecule has 0 aliphatic carbocycles. The molecule has 6 heteroatoms. The Labute approximate surface area is 95.6 Å². The quantitative estimate of drug-likeness (QED) is 0.554. The molecule has 0 fully saturated rings. The Morgan fingerprint density at radius 1 is 1.50 bits per heavy atom. The first-order chi connectivity index (χ1) is 7.49. The molecule has 1 unspecified atom stereocenters. The summed E-state index contributed by atoms with van der Waals surface area (Å²) < 4.78 is 4.83. The van der Waals surface area contributed by atoms with E-state index in [1.807, 2.05) is 0 Å². The Balaban J connectivity index is 3.74. The molecule has 0 spiro atoms. The predicted molar refractivity (Wildman–Crippen MR) is 59.2 cm³/mol. The van der Waals surface area contributed by atoms with Crippen molar-refractivity contribution in [1.82, 2.24) is 10.2 Å². The van der Waals surface area contributed by atoms with Gasteiger partial charge in [0.05, 0.1) is 6.54 Å². The fourth-order valence-corrected chi connectivity index (χ4v) is 1.05. The van der Waals surface area contributed by atoms with Crippen molar-refractivity contribution in [3.05, 3.63) is 0 Å². The van der Waals surface area contributed by atoms with Crippen LogP contribution in [0.15, 0.2) is 0 Å². The lowest BCUT2D eigenvalue weighted by atomic mass is 10.3. The first-order valence-electron chi connectivity index (χ1n) is 5.17. The van der Waals surface area contributed by atoms with Crippen LogP contribution in [-0.4, -0.2) is 61.8 Å². The third-order valence-corrected chi connectivity index (χ3v) is 2.26. The predicted octanol–water partition coefficient (Wildman–Crippen LogP) is -0.456. The van der Waals surface area contributed by atoms with Crippen molar-refractivity contribution >= 4 is 11.9 Å². The van der Waals surface area contributed by atoms with Crippen LogP contribution < -0.4 is 5.32 Å². The summed E-state index contributed by atoms with van der Waals surface area (Å²) in [7, 11) is 3.21. The molecule has 16 heavy (non-hydrogen) atoms. The van der Waals surface area contributed by atoms with Crippen molar-refractivity contribution < 1.29 is 19.4 Å². The lowest BCUT2D eigenvalue weighted by Gasteiger charge is -2.20. The zero-order chi connectivity index (χ0) is 12.6. The fourth-order valence-electron chi connectivity index (χ4n) is 1.05. The third kappa shape index (κ3) is 6.36. The number of hydrogen-bond donors (Lipinski definition) is 2. The number of carbonyl (C=O) groups is 2. The van der Waals surface area contributed by atoms with Crippen molar-refractivity contribution in [1.29, 1.82) is 0 Å². The highest BCUT2D eigenvalue weighted by Crippen LogP contribution is 1.94. The maximum absolute atomic E-state index is 11.4. The molecular formula is C10H20N2O4. The minimum absolute atomic E-state index is 0.0838. The molecule has 0 aromatic rings. The van der Waals surface area contributed by atoms with Crippen molar-refractivity contribution in [3.63, 3.8) is 0 Å². The van der Waals surface area contributed by atoms with Crippen LogP contribution in [0.4, 0.5) is 0 Å². The lowest BCUT2D eigenvalue weighted by molar-refractivity contribution is -0.142. The largest absolute Gasteiger partial charge is 0.480 e. The second kappa shape index (κ2) is 8.06. The number of likely N-dealkylation sites (N-methyl/N-ethyl adjacent to an activating group) is 1. The Kier molecular flexibility index (Phi) is 7.49. The molecular weight excluding hydrogens is 212 g/mol. The molecule has 1 amide bonds. The summed E-state index contributed by atoms with van der Waals surface area (Å²) in [5.41, 5.74) is 0. The van der Waals surface area contributed by atoms with Crippen LogP contribution in [0.1, 0.15) is 13.3 Å². The standard InChI is InChI=1S/C10H20N2O4/c1-8(10(14)15)12(2)7-9(13)11-5-4-6-16-3/h8H,4-7H2,1-3H3,(H,11,13)(H,14,15). The Morgan fingerprint density at radius 2 is 2.12 bits per heavy atom. The van der Waals surface area contributed by atoms with E-state index in [-0.39, 0.29) is 12.5 Å². The minimum atomic E-state index is -0.935. The highest BCUT2D eigenvalue weighted by Gasteiger charge is 2.18. The topological polar surface area (TPSA) is 78.9 Å². The normalized spacial score (nSPS) is 12.5. The van der Waals surface area contributed by atoms with Gasteiger partial charge in [-0.3, -0.25) is 14.5 Å². The van der Waals surface area contributed by atoms with Crippen LogP contribution in [0.2, 0.25) is 0 Å². The molecule has 0 saturated heterocycles. The average Bonchev–Trinajstić information content (AvgIpc) is 2.23. The zero-order valence-electron chi connectivity index (χ0n) is 10.0. The van der Waals surface area contributed by atoms with Gasteiger partial charge in [-0.15, -0.1) is 0 Å². The number of carbonyl (C=O) groups excluding carboxylic acids is 1. The van der Waals surface area contributed by atoms with E-state index in [4.69, 9.17) is 9.84 Å². The van der Waals surface area contributed by atoms with E-state index in [1.165, 1.54) is 4.90 Å². The van der Waals surface area contributed by atoms with Gasteiger partial charge in [-0.05, 0) is 20.4 Å². The number of carboxylic acid groups (broad SMARTS) is 1. The van der Waals surface area contributed by atoms with Crippen LogP contribution in [0, 0.1) is 0 Å². The van der Waals surface area contributed by atoms with Gasteiger partial charge >= 0.3 is 5.97 Å². The molecule has 0 radical (unpaired) electrons. The summed E-state index contributed by atoms with van der Waals surface area (Å²) in [5.74, 6) is -1.11.